The maximum atomic E-state index is 13.0. The van der Waals surface area contributed by atoms with Crippen molar-refractivity contribution in [2.45, 2.75) is 50.1 Å². The number of rotatable bonds is 5. The highest BCUT2D eigenvalue weighted by Crippen LogP contribution is 2.24. The van der Waals surface area contributed by atoms with Crippen molar-refractivity contribution in [3.63, 3.8) is 0 Å². The lowest BCUT2D eigenvalue weighted by molar-refractivity contribution is -0.123. The van der Waals surface area contributed by atoms with Crippen LogP contribution in [0, 0.1) is 0 Å². The Bertz CT molecular complexity index is 677. The van der Waals surface area contributed by atoms with Crippen LogP contribution in [0.25, 0.3) is 0 Å². The van der Waals surface area contributed by atoms with E-state index in [9.17, 15) is 9.90 Å². The zero-order chi connectivity index (χ0) is 17.6. The Morgan fingerprint density at radius 1 is 1.04 bits per heavy atom. The number of amides is 1. The van der Waals surface area contributed by atoms with E-state index in [4.69, 9.17) is 5.73 Å². The lowest BCUT2D eigenvalue weighted by atomic mass is 9.88. The van der Waals surface area contributed by atoms with Gasteiger partial charge in [0.05, 0.1) is 5.92 Å². The van der Waals surface area contributed by atoms with Gasteiger partial charge in [-0.15, -0.1) is 0 Å². The van der Waals surface area contributed by atoms with Crippen LogP contribution in [-0.4, -0.2) is 23.1 Å². The van der Waals surface area contributed by atoms with Gasteiger partial charge in [-0.05, 0) is 55.4 Å². The number of phenolic OH excluding ortho intramolecular Hbond substituents is 1. The Kier molecular flexibility index (Phi) is 5.71. The third-order valence-corrected chi connectivity index (χ3v) is 5.01. The lowest BCUT2D eigenvalue weighted by Gasteiger charge is -2.28. The summed E-state index contributed by atoms with van der Waals surface area (Å²) < 4.78 is 0. The van der Waals surface area contributed by atoms with E-state index >= 15 is 0 Å². The fraction of sp³-hybridized carbons (Fsp3) is 0.381. The van der Waals surface area contributed by atoms with E-state index in [0.29, 0.717) is 6.42 Å². The Morgan fingerprint density at radius 2 is 1.68 bits per heavy atom. The maximum absolute atomic E-state index is 13.0. The number of hydrogen-bond acceptors (Lipinski definition) is 3. The first-order valence-electron chi connectivity index (χ1n) is 9.00. The molecule has 132 valence electrons. The minimum absolute atomic E-state index is 0.0692. The standard InChI is InChI=1S/C21H26N2O2/c22-17-8-10-18(11-9-17)23-21(25)20(16-4-2-1-3-5-16)14-15-6-12-19(24)13-7-15/h1-7,12-13,17-18,20,24H,8-11,14,22H2,(H,23,25). The minimum Gasteiger partial charge on any atom is -0.508 e. The Morgan fingerprint density at radius 3 is 2.32 bits per heavy atom. The SMILES string of the molecule is NC1CCC(NC(=O)C(Cc2ccc(O)cc2)c2ccccc2)CC1. The van der Waals surface area contributed by atoms with Gasteiger partial charge in [0.1, 0.15) is 5.75 Å². The number of phenols is 1. The van der Waals surface area contributed by atoms with Gasteiger partial charge in [-0.3, -0.25) is 4.79 Å². The Hall–Kier alpha value is -2.33. The molecule has 1 amide bonds. The van der Waals surface area contributed by atoms with Gasteiger partial charge in [0.25, 0.3) is 0 Å². The minimum atomic E-state index is -0.235. The van der Waals surface area contributed by atoms with E-state index in [1.165, 1.54) is 0 Å². The number of nitrogens with one attached hydrogen (secondary N) is 1. The fourth-order valence-electron chi connectivity index (χ4n) is 3.48. The molecule has 1 atom stereocenters. The molecule has 0 bridgehead atoms. The van der Waals surface area contributed by atoms with Crippen LogP contribution in [0.15, 0.2) is 54.6 Å². The summed E-state index contributed by atoms with van der Waals surface area (Å²) in [6, 6.07) is 17.5. The van der Waals surface area contributed by atoms with Crippen molar-refractivity contribution < 1.29 is 9.90 Å². The van der Waals surface area contributed by atoms with E-state index < -0.39 is 0 Å². The van der Waals surface area contributed by atoms with Gasteiger partial charge >= 0.3 is 0 Å². The predicted octanol–water partition coefficient (Wildman–Crippen LogP) is 3.10. The van der Waals surface area contributed by atoms with Crippen LogP contribution in [0.1, 0.15) is 42.7 Å². The van der Waals surface area contributed by atoms with E-state index in [-0.39, 0.29) is 29.7 Å². The summed E-state index contributed by atoms with van der Waals surface area (Å²) in [6.45, 7) is 0. The molecule has 4 N–H and O–H groups in total. The molecule has 0 aliphatic heterocycles. The second-order valence-corrected chi connectivity index (χ2v) is 6.95. The number of aromatic hydroxyl groups is 1. The first kappa shape index (κ1) is 17.5. The quantitative estimate of drug-likeness (QED) is 0.784. The topological polar surface area (TPSA) is 75.3 Å². The molecule has 4 heteroatoms. The second kappa shape index (κ2) is 8.17. The van der Waals surface area contributed by atoms with Crippen LogP contribution < -0.4 is 11.1 Å². The average Bonchev–Trinajstić information content (AvgIpc) is 2.64. The number of carbonyl (C=O) groups excluding carboxylic acids is 1. The first-order valence-corrected chi connectivity index (χ1v) is 9.00. The van der Waals surface area contributed by atoms with Crippen molar-refractivity contribution >= 4 is 5.91 Å². The smallest absolute Gasteiger partial charge is 0.228 e. The largest absolute Gasteiger partial charge is 0.508 e. The van der Waals surface area contributed by atoms with Crippen LogP contribution in [0.2, 0.25) is 0 Å². The van der Waals surface area contributed by atoms with E-state index in [1.54, 1.807) is 12.1 Å². The summed E-state index contributed by atoms with van der Waals surface area (Å²) in [4.78, 5) is 13.0. The molecule has 1 saturated carbocycles. The molecular formula is C21H26N2O2. The molecule has 1 aliphatic carbocycles. The summed E-state index contributed by atoms with van der Waals surface area (Å²) in [5.41, 5.74) is 8.01. The number of carbonyl (C=O) groups is 1. The molecule has 2 aromatic rings. The lowest BCUT2D eigenvalue weighted by Crippen LogP contribution is -2.42. The molecule has 0 heterocycles. The van der Waals surface area contributed by atoms with Crippen molar-refractivity contribution in [2.75, 3.05) is 0 Å². The summed E-state index contributed by atoms with van der Waals surface area (Å²) in [5.74, 6) is 0.0732. The predicted molar refractivity (Wildman–Crippen MR) is 99.4 cm³/mol. The van der Waals surface area contributed by atoms with E-state index in [1.807, 2.05) is 42.5 Å². The molecule has 2 aromatic carbocycles. The van der Waals surface area contributed by atoms with Crippen molar-refractivity contribution in [3.8, 4) is 5.75 Å². The van der Waals surface area contributed by atoms with Gasteiger partial charge in [0, 0.05) is 12.1 Å². The summed E-state index contributed by atoms with van der Waals surface area (Å²) in [5, 5.41) is 12.7. The van der Waals surface area contributed by atoms with Crippen molar-refractivity contribution in [1.82, 2.24) is 5.32 Å². The molecule has 3 rings (SSSR count). The monoisotopic (exact) mass is 338 g/mol. The normalized spacial score (nSPS) is 21.5. The Balaban J connectivity index is 1.73. The van der Waals surface area contributed by atoms with Crippen LogP contribution in [0.5, 0.6) is 5.75 Å². The molecule has 0 aromatic heterocycles. The van der Waals surface area contributed by atoms with Crippen LogP contribution in [-0.2, 0) is 11.2 Å². The van der Waals surface area contributed by atoms with Gasteiger partial charge in [-0.1, -0.05) is 42.5 Å². The molecule has 1 fully saturated rings. The van der Waals surface area contributed by atoms with Crippen LogP contribution >= 0.6 is 0 Å². The van der Waals surface area contributed by atoms with Gasteiger partial charge in [-0.25, -0.2) is 0 Å². The molecule has 0 radical (unpaired) electrons. The van der Waals surface area contributed by atoms with Gasteiger partial charge < -0.3 is 16.2 Å². The molecule has 0 spiro atoms. The second-order valence-electron chi connectivity index (χ2n) is 6.95. The fourth-order valence-corrected chi connectivity index (χ4v) is 3.48. The molecule has 1 unspecified atom stereocenters. The first-order chi connectivity index (χ1) is 12.1. The third kappa shape index (κ3) is 4.83. The molecule has 0 saturated heterocycles. The molecule has 25 heavy (non-hydrogen) atoms. The zero-order valence-electron chi connectivity index (χ0n) is 14.4. The number of benzene rings is 2. The van der Waals surface area contributed by atoms with E-state index in [0.717, 1.165) is 36.8 Å². The summed E-state index contributed by atoms with van der Waals surface area (Å²) >= 11 is 0. The highest BCUT2D eigenvalue weighted by molar-refractivity contribution is 5.84. The van der Waals surface area contributed by atoms with Crippen LogP contribution in [0.4, 0.5) is 0 Å². The Labute approximate surface area is 149 Å². The zero-order valence-corrected chi connectivity index (χ0v) is 14.4. The summed E-state index contributed by atoms with van der Waals surface area (Å²) in [6.07, 6.45) is 4.46. The molecular weight excluding hydrogens is 312 g/mol. The van der Waals surface area contributed by atoms with Crippen LogP contribution in [0.3, 0.4) is 0 Å². The van der Waals surface area contributed by atoms with Crippen molar-refractivity contribution in [1.29, 1.82) is 0 Å². The molecule has 1 aliphatic rings. The molecule has 4 nitrogen and oxygen atoms in total. The van der Waals surface area contributed by atoms with Gasteiger partial charge in [0.15, 0.2) is 0 Å². The summed E-state index contributed by atoms with van der Waals surface area (Å²) in [7, 11) is 0. The number of nitrogens with two attached hydrogens (primary N) is 1. The van der Waals surface area contributed by atoms with Gasteiger partial charge in [-0.2, -0.15) is 0 Å². The highest BCUT2D eigenvalue weighted by atomic mass is 16.3. The van der Waals surface area contributed by atoms with Crippen molar-refractivity contribution in [3.05, 3.63) is 65.7 Å². The average molecular weight is 338 g/mol. The van der Waals surface area contributed by atoms with Gasteiger partial charge in [0.2, 0.25) is 5.91 Å². The third-order valence-electron chi connectivity index (χ3n) is 5.01. The van der Waals surface area contributed by atoms with E-state index in [2.05, 4.69) is 5.32 Å². The van der Waals surface area contributed by atoms with Crippen molar-refractivity contribution in [2.24, 2.45) is 5.73 Å². The highest BCUT2D eigenvalue weighted by Gasteiger charge is 2.25. The number of hydrogen-bond donors (Lipinski definition) is 3. The maximum Gasteiger partial charge on any atom is 0.228 e.